The Labute approximate surface area is 156 Å². The zero-order valence-corrected chi connectivity index (χ0v) is 16.3. The van der Waals surface area contributed by atoms with E-state index >= 15 is 0 Å². The van der Waals surface area contributed by atoms with E-state index in [2.05, 4.69) is 10.3 Å². The molecule has 26 heavy (non-hydrogen) atoms. The van der Waals surface area contributed by atoms with Crippen LogP contribution in [0.4, 0.5) is 0 Å². The van der Waals surface area contributed by atoms with E-state index in [9.17, 15) is 13.2 Å². The van der Waals surface area contributed by atoms with Crippen LogP contribution in [0.2, 0.25) is 0 Å². The molecular formula is C17H19N3O4S2. The molecule has 0 saturated carbocycles. The zero-order chi connectivity index (χ0) is 19.1. The van der Waals surface area contributed by atoms with Crippen LogP contribution in [-0.4, -0.2) is 41.6 Å². The number of aromatic amines is 1. The number of sulfone groups is 1. The second-order valence-corrected chi connectivity index (χ2v) is 8.45. The van der Waals surface area contributed by atoms with Crippen molar-refractivity contribution in [2.24, 2.45) is 5.16 Å². The number of aryl methyl sites for hydroxylation is 1. The minimum atomic E-state index is -3.38. The lowest BCUT2D eigenvalue weighted by molar-refractivity contribution is 0.213. The molecule has 0 radical (unpaired) electrons. The largest absolute Gasteiger partial charge is 0.399 e. The number of benzene rings is 1. The lowest BCUT2D eigenvalue weighted by atomic mass is 9.94. The second kappa shape index (κ2) is 6.81. The molecular weight excluding hydrogens is 374 g/mol. The monoisotopic (exact) mass is 393 g/mol. The van der Waals surface area contributed by atoms with Gasteiger partial charge in [-0.2, -0.15) is 0 Å². The van der Waals surface area contributed by atoms with E-state index in [0.29, 0.717) is 39.4 Å². The summed E-state index contributed by atoms with van der Waals surface area (Å²) in [6.45, 7) is 4.15. The Balaban J connectivity index is 2.21. The summed E-state index contributed by atoms with van der Waals surface area (Å²) in [4.78, 5) is 17.9. The lowest BCUT2D eigenvalue weighted by Gasteiger charge is -2.21. The molecule has 1 aliphatic rings. The van der Waals surface area contributed by atoms with Crippen LogP contribution in [0, 0.1) is 6.92 Å². The van der Waals surface area contributed by atoms with Crippen LogP contribution in [0.15, 0.2) is 33.2 Å². The van der Waals surface area contributed by atoms with Gasteiger partial charge in [0, 0.05) is 24.7 Å². The summed E-state index contributed by atoms with van der Waals surface area (Å²) in [6, 6.07) is 3.20. The molecule has 1 aromatic carbocycles. The topological polar surface area (TPSA) is 93.5 Å². The van der Waals surface area contributed by atoms with E-state index in [4.69, 9.17) is 17.1 Å². The van der Waals surface area contributed by atoms with Crippen LogP contribution < -0.4 is 5.56 Å². The highest BCUT2D eigenvalue weighted by molar-refractivity contribution is 7.91. The summed E-state index contributed by atoms with van der Waals surface area (Å²) < 4.78 is 26.3. The lowest BCUT2D eigenvalue weighted by Crippen LogP contribution is -2.25. The van der Waals surface area contributed by atoms with Crippen molar-refractivity contribution in [1.82, 2.24) is 9.78 Å². The molecule has 9 heteroatoms. The van der Waals surface area contributed by atoms with Crippen molar-refractivity contribution in [2.75, 3.05) is 12.9 Å². The van der Waals surface area contributed by atoms with Gasteiger partial charge in [-0.05, 0) is 31.0 Å². The highest BCUT2D eigenvalue weighted by atomic mass is 32.2. The van der Waals surface area contributed by atoms with Gasteiger partial charge < -0.3 is 9.94 Å². The van der Waals surface area contributed by atoms with Gasteiger partial charge >= 0.3 is 0 Å². The first-order valence-corrected chi connectivity index (χ1v) is 10.2. The maximum atomic E-state index is 12.4. The van der Waals surface area contributed by atoms with Crippen LogP contribution in [0.25, 0.3) is 0 Å². The van der Waals surface area contributed by atoms with Crippen molar-refractivity contribution < 1.29 is 13.3 Å². The summed E-state index contributed by atoms with van der Waals surface area (Å²) in [7, 11) is -1.96. The standard InChI is InChI=1S/C17H19N3O4S2/c1-4-20-17(21)12(9-18-20)16(25)11-5-6-14-15(10(11)2)13(19-24-3)7-8-26(14,22)23/h5-6,9,18H,4,7-8H2,1-3H3/b19-13-. The van der Waals surface area contributed by atoms with Crippen LogP contribution in [0.3, 0.4) is 0 Å². The van der Waals surface area contributed by atoms with E-state index in [-0.39, 0.29) is 22.6 Å². The fourth-order valence-electron chi connectivity index (χ4n) is 3.17. The quantitative estimate of drug-likeness (QED) is 0.486. The molecule has 0 unspecified atom stereocenters. The third kappa shape index (κ3) is 2.90. The maximum absolute atomic E-state index is 12.4. The van der Waals surface area contributed by atoms with Gasteiger partial charge in [0.05, 0.1) is 26.8 Å². The number of fused-ring (bicyclic) bond motifs is 1. The smallest absolute Gasteiger partial charge is 0.275 e. The molecule has 0 atom stereocenters. The maximum Gasteiger partial charge on any atom is 0.275 e. The highest BCUT2D eigenvalue weighted by Crippen LogP contribution is 2.31. The van der Waals surface area contributed by atoms with Crippen molar-refractivity contribution in [1.29, 1.82) is 0 Å². The van der Waals surface area contributed by atoms with Gasteiger partial charge in [-0.25, -0.2) is 8.42 Å². The number of H-pyrrole nitrogens is 1. The number of nitrogens with zero attached hydrogens (tertiary/aromatic N) is 2. The molecule has 0 aliphatic carbocycles. The summed E-state index contributed by atoms with van der Waals surface area (Å²) in [5.41, 5.74) is 2.58. The molecule has 138 valence electrons. The molecule has 0 spiro atoms. The number of hydrogen-bond donors (Lipinski definition) is 1. The molecule has 1 N–H and O–H groups in total. The zero-order valence-electron chi connectivity index (χ0n) is 14.7. The van der Waals surface area contributed by atoms with Crippen molar-refractivity contribution in [3.8, 4) is 0 Å². The first-order valence-electron chi connectivity index (χ1n) is 8.11. The van der Waals surface area contributed by atoms with Crippen molar-refractivity contribution in [3.63, 3.8) is 0 Å². The number of thiocarbonyl (C=S) groups is 1. The van der Waals surface area contributed by atoms with Crippen LogP contribution in [-0.2, 0) is 21.2 Å². The molecule has 2 heterocycles. The molecule has 0 amide bonds. The molecule has 0 bridgehead atoms. The highest BCUT2D eigenvalue weighted by Gasteiger charge is 2.31. The van der Waals surface area contributed by atoms with Gasteiger partial charge in [0.25, 0.3) is 5.56 Å². The van der Waals surface area contributed by atoms with Crippen molar-refractivity contribution >= 4 is 32.6 Å². The Morgan fingerprint density at radius 1 is 1.38 bits per heavy atom. The number of hydrogen-bond acceptors (Lipinski definition) is 6. The second-order valence-electron chi connectivity index (χ2n) is 5.97. The molecule has 0 saturated heterocycles. The number of nitrogens with one attached hydrogen (secondary N) is 1. The minimum Gasteiger partial charge on any atom is -0.399 e. The van der Waals surface area contributed by atoms with Crippen LogP contribution in [0.5, 0.6) is 0 Å². The van der Waals surface area contributed by atoms with E-state index < -0.39 is 9.84 Å². The van der Waals surface area contributed by atoms with Gasteiger partial charge in [0.2, 0.25) is 0 Å². The predicted octanol–water partition coefficient (Wildman–Crippen LogP) is 1.80. The fraction of sp³-hybridized carbons (Fsp3) is 0.353. The average Bonchev–Trinajstić information content (AvgIpc) is 2.98. The first-order chi connectivity index (χ1) is 12.3. The van der Waals surface area contributed by atoms with Gasteiger partial charge in [-0.15, -0.1) is 0 Å². The molecule has 2 aromatic rings. The molecule has 3 rings (SSSR count). The van der Waals surface area contributed by atoms with E-state index in [1.807, 2.05) is 6.92 Å². The van der Waals surface area contributed by atoms with Gasteiger partial charge in [-0.3, -0.25) is 9.48 Å². The Kier molecular flexibility index (Phi) is 4.85. The van der Waals surface area contributed by atoms with Crippen molar-refractivity contribution in [2.45, 2.75) is 31.7 Å². The van der Waals surface area contributed by atoms with Gasteiger partial charge in [0.15, 0.2) is 9.84 Å². The van der Waals surface area contributed by atoms with Crippen molar-refractivity contribution in [3.05, 3.63) is 50.9 Å². The Bertz CT molecular complexity index is 1080. The van der Waals surface area contributed by atoms with Gasteiger partial charge in [-0.1, -0.05) is 23.4 Å². The van der Waals surface area contributed by atoms with E-state index in [1.54, 1.807) is 19.2 Å². The molecule has 1 aliphatic heterocycles. The summed E-state index contributed by atoms with van der Waals surface area (Å²) >= 11 is 5.53. The van der Waals surface area contributed by atoms with Crippen LogP contribution in [0.1, 0.15) is 35.6 Å². The number of oxime groups is 1. The predicted molar refractivity (Wildman–Crippen MR) is 103 cm³/mol. The summed E-state index contributed by atoms with van der Waals surface area (Å²) in [6.07, 6.45) is 1.85. The van der Waals surface area contributed by atoms with E-state index in [0.717, 1.165) is 0 Å². The fourth-order valence-corrected chi connectivity index (χ4v) is 5.08. The molecule has 0 fully saturated rings. The first kappa shape index (κ1) is 18.5. The van der Waals surface area contributed by atoms with Crippen LogP contribution >= 0.6 is 12.2 Å². The number of rotatable bonds is 4. The third-order valence-electron chi connectivity index (χ3n) is 4.51. The summed E-state index contributed by atoms with van der Waals surface area (Å²) in [5, 5.41) is 6.87. The SMILES string of the molecule is CCn1[nH]cc(C(=S)c2ccc3c(c2C)/C(=N\OC)CCS3(=O)=O)c1=O. The Hall–Kier alpha value is -2.26. The Morgan fingerprint density at radius 2 is 2.12 bits per heavy atom. The molecule has 1 aromatic heterocycles. The van der Waals surface area contributed by atoms with E-state index in [1.165, 1.54) is 17.9 Å². The minimum absolute atomic E-state index is 0.00948. The summed E-state index contributed by atoms with van der Waals surface area (Å²) in [5.74, 6) is -0.00948. The molecule has 7 nitrogen and oxygen atoms in total. The average molecular weight is 393 g/mol. The number of aromatic nitrogens is 2. The normalized spacial score (nSPS) is 17.1. The van der Waals surface area contributed by atoms with Gasteiger partial charge in [0.1, 0.15) is 7.11 Å². The Morgan fingerprint density at radius 3 is 2.73 bits per heavy atom. The third-order valence-corrected chi connectivity index (χ3v) is 6.70.